The van der Waals surface area contributed by atoms with Crippen molar-refractivity contribution in [3.05, 3.63) is 46.7 Å². The summed E-state index contributed by atoms with van der Waals surface area (Å²) in [7, 11) is 0. The van der Waals surface area contributed by atoms with E-state index in [1.807, 2.05) is 0 Å². The molecule has 2 aromatic carbocycles. The molecule has 0 aliphatic carbocycles. The first-order valence-electron chi connectivity index (χ1n) is 7.08. The van der Waals surface area contributed by atoms with Gasteiger partial charge in [0.1, 0.15) is 31.2 Å². The summed E-state index contributed by atoms with van der Waals surface area (Å²) in [6.07, 6.45) is 1.36. The van der Waals surface area contributed by atoms with Gasteiger partial charge in [-0.1, -0.05) is 0 Å². The smallest absolute Gasteiger partial charge is 0.163 e. The number of aromatic nitrogens is 2. The summed E-state index contributed by atoms with van der Waals surface area (Å²) in [6, 6.07) is 5.95. The molecule has 0 fully saturated rings. The topological polar surface area (TPSA) is 56.3 Å². The van der Waals surface area contributed by atoms with E-state index in [1.54, 1.807) is 12.1 Å². The fourth-order valence-electron chi connectivity index (χ4n) is 2.44. The van der Waals surface area contributed by atoms with Gasteiger partial charge in [0.25, 0.3) is 0 Å². The number of nitrogens with one attached hydrogen (secondary N) is 1. The molecule has 0 saturated heterocycles. The third-order valence-corrected chi connectivity index (χ3v) is 4.31. The second-order valence-corrected chi connectivity index (χ2v) is 5.88. The second kappa shape index (κ2) is 5.86. The van der Waals surface area contributed by atoms with Gasteiger partial charge in [-0.2, -0.15) is 0 Å². The highest BCUT2D eigenvalue weighted by Gasteiger charge is 2.17. The maximum atomic E-state index is 14.2. The van der Waals surface area contributed by atoms with Crippen molar-refractivity contribution in [1.82, 2.24) is 9.97 Å². The molecule has 0 spiro atoms. The van der Waals surface area contributed by atoms with Crippen LogP contribution in [0.3, 0.4) is 0 Å². The molecule has 8 heteroatoms. The molecule has 3 aromatic rings. The van der Waals surface area contributed by atoms with Crippen LogP contribution in [-0.4, -0.2) is 23.2 Å². The zero-order valence-corrected chi connectivity index (χ0v) is 13.7. The predicted molar refractivity (Wildman–Crippen MR) is 87.9 cm³/mol. The Hall–Kier alpha value is -2.48. The van der Waals surface area contributed by atoms with Crippen LogP contribution in [0, 0.1) is 11.6 Å². The van der Waals surface area contributed by atoms with Gasteiger partial charge in [0, 0.05) is 11.5 Å². The number of hydrogen-bond donors (Lipinski definition) is 1. The van der Waals surface area contributed by atoms with Crippen molar-refractivity contribution in [3.8, 4) is 11.5 Å². The van der Waals surface area contributed by atoms with E-state index in [0.717, 1.165) is 6.07 Å². The molecule has 0 bridgehead atoms. The van der Waals surface area contributed by atoms with Gasteiger partial charge in [-0.15, -0.1) is 0 Å². The number of hydrogen-bond acceptors (Lipinski definition) is 5. The molecule has 0 saturated carbocycles. The van der Waals surface area contributed by atoms with Crippen molar-refractivity contribution in [1.29, 1.82) is 0 Å². The summed E-state index contributed by atoms with van der Waals surface area (Å²) >= 11 is 2.88. The molecule has 0 atom stereocenters. The Kier molecular flexibility index (Phi) is 3.68. The number of rotatable bonds is 2. The fraction of sp³-hybridized carbons (Fsp3) is 0.125. The number of anilines is 2. The van der Waals surface area contributed by atoms with E-state index < -0.39 is 11.6 Å². The van der Waals surface area contributed by atoms with Gasteiger partial charge in [0.05, 0.1) is 15.7 Å². The maximum absolute atomic E-state index is 14.2. The summed E-state index contributed by atoms with van der Waals surface area (Å²) < 4.78 is 38.4. The fourth-order valence-corrected chi connectivity index (χ4v) is 2.79. The number of fused-ring (bicyclic) bond motifs is 2. The Morgan fingerprint density at radius 2 is 1.79 bits per heavy atom. The van der Waals surface area contributed by atoms with Crippen molar-refractivity contribution < 1.29 is 18.3 Å². The highest BCUT2D eigenvalue weighted by atomic mass is 79.9. The number of ether oxygens (including phenoxy) is 2. The molecule has 5 nitrogen and oxygen atoms in total. The monoisotopic (exact) mass is 393 g/mol. The Morgan fingerprint density at radius 1 is 1.04 bits per heavy atom. The Balaban J connectivity index is 1.81. The zero-order valence-electron chi connectivity index (χ0n) is 12.1. The highest BCUT2D eigenvalue weighted by Crippen LogP contribution is 2.37. The minimum atomic E-state index is -0.737. The van der Waals surface area contributed by atoms with Crippen molar-refractivity contribution in [3.63, 3.8) is 0 Å². The normalized spacial score (nSPS) is 13.1. The van der Waals surface area contributed by atoms with Crippen molar-refractivity contribution in [2.24, 2.45) is 0 Å². The Bertz CT molecular complexity index is 952. The Labute approximate surface area is 143 Å². The van der Waals surface area contributed by atoms with Crippen LogP contribution in [0.15, 0.2) is 35.1 Å². The lowest BCUT2D eigenvalue weighted by Gasteiger charge is -2.19. The van der Waals surface area contributed by atoms with E-state index >= 15 is 0 Å². The third-order valence-electron chi connectivity index (χ3n) is 3.59. The Morgan fingerprint density at radius 3 is 2.58 bits per heavy atom. The molecule has 122 valence electrons. The lowest BCUT2D eigenvalue weighted by atomic mass is 10.2. The lowest BCUT2D eigenvalue weighted by molar-refractivity contribution is 0.172. The molecule has 1 aliphatic rings. The first kappa shape index (κ1) is 15.1. The van der Waals surface area contributed by atoms with Gasteiger partial charge in [0.15, 0.2) is 17.3 Å². The van der Waals surface area contributed by atoms with Crippen LogP contribution in [-0.2, 0) is 0 Å². The molecule has 1 aliphatic heterocycles. The van der Waals surface area contributed by atoms with Crippen LogP contribution >= 0.6 is 15.9 Å². The zero-order chi connectivity index (χ0) is 16.7. The van der Waals surface area contributed by atoms with Crippen LogP contribution in [0.5, 0.6) is 11.5 Å². The van der Waals surface area contributed by atoms with E-state index in [1.165, 1.54) is 12.4 Å². The minimum Gasteiger partial charge on any atom is -0.486 e. The summed E-state index contributed by atoms with van der Waals surface area (Å²) in [4.78, 5) is 8.35. The minimum absolute atomic E-state index is 0.0955. The first-order valence-corrected chi connectivity index (χ1v) is 7.87. The molecule has 1 aromatic heterocycles. The second-order valence-electron chi connectivity index (χ2n) is 5.08. The molecule has 0 radical (unpaired) electrons. The van der Waals surface area contributed by atoms with Gasteiger partial charge < -0.3 is 14.8 Å². The third kappa shape index (κ3) is 2.52. The van der Waals surface area contributed by atoms with Crippen LogP contribution in [0.1, 0.15) is 0 Å². The van der Waals surface area contributed by atoms with Gasteiger partial charge in [-0.25, -0.2) is 18.7 Å². The molecule has 0 unspecified atom stereocenters. The van der Waals surface area contributed by atoms with Gasteiger partial charge in [-0.05, 0) is 34.1 Å². The van der Waals surface area contributed by atoms with Gasteiger partial charge >= 0.3 is 0 Å². The van der Waals surface area contributed by atoms with Crippen LogP contribution in [0.4, 0.5) is 20.3 Å². The molecule has 0 amide bonds. The molecule has 4 rings (SSSR count). The van der Waals surface area contributed by atoms with Gasteiger partial charge in [0.2, 0.25) is 0 Å². The average molecular weight is 394 g/mol. The lowest BCUT2D eigenvalue weighted by Crippen LogP contribution is -2.15. The van der Waals surface area contributed by atoms with Crippen LogP contribution < -0.4 is 14.8 Å². The first-order chi connectivity index (χ1) is 11.6. The van der Waals surface area contributed by atoms with E-state index in [9.17, 15) is 8.78 Å². The summed E-state index contributed by atoms with van der Waals surface area (Å²) in [5, 5.41) is 3.51. The molecule has 2 heterocycles. The van der Waals surface area contributed by atoms with Gasteiger partial charge in [-0.3, -0.25) is 0 Å². The van der Waals surface area contributed by atoms with Crippen molar-refractivity contribution in [2.75, 3.05) is 18.5 Å². The van der Waals surface area contributed by atoms with Crippen LogP contribution in [0.25, 0.3) is 10.9 Å². The largest absolute Gasteiger partial charge is 0.486 e. The van der Waals surface area contributed by atoms with E-state index in [2.05, 4.69) is 31.2 Å². The average Bonchev–Trinajstić information content (AvgIpc) is 2.61. The summed E-state index contributed by atoms with van der Waals surface area (Å²) in [5.41, 5.74) is 0.719. The van der Waals surface area contributed by atoms with Crippen LogP contribution in [0.2, 0.25) is 0 Å². The summed E-state index contributed by atoms with van der Waals surface area (Å²) in [6.45, 7) is 0.929. The predicted octanol–water partition coefficient (Wildman–Crippen LogP) is 4.19. The molecule has 24 heavy (non-hydrogen) atoms. The maximum Gasteiger partial charge on any atom is 0.163 e. The van der Waals surface area contributed by atoms with E-state index in [-0.39, 0.29) is 10.2 Å². The van der Waals surface area contributed by atoms with E-state index in [4.69, 9.17) is 9.47 Å². The SMILES string of the molecule is Fc1ccc(Nc2ncnc3cc4c(cc23)OCCO4)c(F)c1Br. The van der Waals surface area contributed by atoms with Crippen molar-refractivity contribution in [2.45, 2.75) is 0 Å². The quantitative estimate of drug-likeness (QED) is 0.661. The summed E-state index contributed by atoms with van der Waals surface area (Å²) in [5.74, 6) is 0.153. The number of nitrogens with zero attached hydrogens (tertiary/aromatic N) is 2. The molecule has 1 N–H and O–H groups in total. The number of halogens is 3. The molecular formula is C16H10BrF2N3O2. The highest BCUT2D eigenvalue weighted by molar-refractivity contribution is 9.10. The number of benzene rings is 2. The molecular weight excluding hydrogens is 384 g/mol. The van der Waals surface area contributed by atoms with Crippen molar-refractivity contribution >= 4 is 38.3 Å². The van der Waals surface area contributed by atoms with E-state index in [0.29, 0.717) is 41.4 Å². The standard InChI is InChI=1S/C16H10BrF2N3O2/c17-14-9(18)1-2-10(15(14)19)22-16-8-5-12-13(24-4-3-23-12)6-11(8)20-7-21-16/h1-2,5-7H,3-4H2,(H,20,21,22).